The lowest BCUT2D eigenvalue weighted by molar-refractivity contribution is -0.133. The minimum atomic E-state index is 0.116. The van der Waals surface area contributed by atoms with Crippen molar-refractivity contribution in [3.8, 4) is 0 Å². The van der Waals surface area contributed by atoms with Gasteiger partial charge in [-0.15, -0.1) is 5.10 Å². The summed E-state index contributed by atoms with van der Waals surface area (Å²) in [5, 5.41) is 8.11. The zero-order valence-electron chi connectivity index (χ0n) is 13.8. The number of carbonyl (C=O) groups is 1. The van der Waals surface area contributed by atoms with Crippen molar-refractivity contribution in [2.75, 3.05) is 25.0 Å². The quantitative estimate of drug-likeness (QED) is 0.863. The van der Waals surface area contributed by atoms with Crippen molar-refractivity contribution < 1.29 is 9.21 Å². The normalized spacial score (nSPS) is 24.0. The zero-order chi connectivity index (χ0) is 16.5. The molecule has 0 radical (unpaired) electrons. The number of aromatic nitrogens is 2. The van der Waals surface area contributed by atoms with Gasteiger partial charge in [-0.1, -0.05) is 0 Å². The highest BCUT2D eigenvalue weighted by atomic mass is 16.3. The standard InChI is InChI=1S/C18H22N4O2/c1-21(17-5-2-8-19-20-17)13-6-9-22(10-7-13)18(23)15-12-14(15)16-4-3-11-24-16/h2-5,8,11,13-15H,6-7,9-10,12H2,1H3. The molecular formula is C18H22N4O2. The maximum atomic E-state index is 12.7. The molecule has 2 unspecified atom stereocenters. The number of carbonyl (C=O) groups excluding carboxylic acids is 1. The van der Waals surface area contributed by atoms with Crippen LogP contribution in [-0.4, -0.2) is 47.2 Å². The Morgan fingerprint density at radius 1 is 1.29 bits per heavy atom. The minimum absolute atomic E-state index is 0.116. The smallest absolute Gasteiger partial charge is 0.226 e. The number of hydrogen-bond acceptors (Lipinski definition) is 5. The Morgan fingerprint density at radius 2 is 2.12 bits per heavy atom. The van der Waals surface area contributed by atoms with Gasteiger partial charge >= 0.3 is 0 Å². The molecule has 2 aromatic rings. The second-order valence-electron chi connectivity index (χ2n) is 6.71. The van der Waals surface area contributed by atoms with E-state index >= 15 is 0 Å². The maximum absolute atomic E-state index is 12.7. The summed E-state index contributed by atoms with van der Waals surface area (Å²) in [7, 11) is 2.06. The number of nitrogens with zero attached hydrogens (tertiary/aromatic N) is 4. The van der Waals surface area contributed by atoms with E-state index in [1.165, 1.54) is 0 Å². The molecule has 6 nitrogen and oxygen atoms in total. The molecule has 2 aliphatic rings. The van der Waals surface area contributed by atoms with Gasteiger partial charge < -0.3 is 14.2 Å². The molecule has 126 valence electrons. The van der Waals surface area contributed by atoms with E-state index in [0.717, 1.165) is 43.9 Å². The fraction of sp³-hybridized carbons (Fsp3) is 0.500. The summed E-state index contributed by atoms with van der Waals surface area (Å²) in [5.74, 6) is 2.53. The van der Waals surface area contributed by atoms with Gasteiger partial charge in [0.25, 0.3) is 0 Å². The molecule has 6 heteroatoms. The van der Waals surface area contributed by atoms with E-state index < -0.39 is 0 Å². The Labute approximate surface area is 141 Å². The van der Waals surface area contributed by atoms with Gasteiger partial charge in [0.05, 0.1) is 6.26 Å². The molecule has 2 aromatic heterocycles. The first-order valence-corrected chi connectivity index (χ1v) is 8.57. The first-order chi connectivity index (χ1) is 11.7. The maximum Gasteiger partial charge on any atom is 0.226 e. The van der Waals surface area contributed by atoms with Crippen LogP contribution in [-0.2, 0) is 4.79 Å². The number of anilines is 1. The van der Waals surface area contributed by atoms with E-state index in [1.54, 1.807) is 12.5 Å². The Balaban J connectivity index is 1.31. The Kier molecular flexibility index (Phi) is 3.96. The molecule has 0 aromatic carbocycles. The van der Waals surface area contributed by atoms with Gasteiger partial charge in [-0.3, -0.25) is 4.79 Å². The molecule has 0 spiro atoms. The Bertz CT molecular complexity index is 680. The van der Waals surface area contributed by atoms with Crippen LogP contribution < -0.4 is 4.90 Å². The summed E-state index contributed by atoms with van der Waals surface area (Å²) in [5.41, 5.74) is 0. The second kappa shape index (κ2) is 6.26. The van der Waals surface area contributed by atoms with E-state index in [-0.39, 0.29) is 17.7 Å². The van der Waals surface area contributed by atoms with Gasteiger partial charge in [-0.25, -0.2) is 0 Å². The van der Waals surface area contributed by atoms with Crippen molar-refractivity contribution in [3.63, 3.8) is 0 Å². The van der Waals surface area contributed by atoms with Gasteiger partial charge in [0.1, 0.15) is 5.76 Å². The summed E-state index contributed by atoms with van der Waals surface area (Å²) in [4.78, 5) is 16.9. The predicted octanol–water partition coefficient (Wildman–Crippen LogP) is 2.30. The number of furan rings is 1. The summed E-state index contributed by atoms with van der Waals surface area (Å²) < 4.78 is 5.43. The molecule has 4 rings (SSSR count). The van der Waals surface area contributed by atoms with E-state index in [2.05, 4.69) is 22.1 Å². The highest BCUT2D eigenvalue weighted by Crippen LogP contribution is 2.48. The van der Waals surface area contributed by atoms with Crippen molar-refractivity contribution in [2.24, 2.45) is 5.92 Å². The third kappa shape index (κ3) is 2.88. The average Bonchev–Trinajstić information content (AvgIpc) is 3.26. The van der Waals surface area contributed by atoms with Crippen LogP contribution in [0, 0.1) is 5.92 Å². The van der Waals surface area contributed by atoms with E-state index in [4.69, 9.17) is 4.42 Å². The highest BCUT2D eigenvalue weighted by Gasteiger charge is 2.47. The molecular weight excluding hydrogens is 304 g/mol. The molecule has 3 heterocycles. The fourth-order valence-corrected chi connectivity index (χ4v) is 3.66. The van der Waals surface area contributed by atoms with Gasteiger partial charge in [0.2, 0.25) is 5.91 Å². The summed E-state index contributed by atoms with van der Waals surface area (Å²) in [6.45, 7) is 1.63. The highest BCUT2D eigenvalue weighted by molar-refractivity contribution is 5.83. The van der Waals surface area contributed by atoms with E-state index in [1.807, 2.05) is 29.2 Å². The Hall–Kier alpha value is -2.37. The predicted molar refractivity (Wildman–Crippen MR) is 89.6 cm³/mol. The lowest BCUT2D eigenvalue weighted by Crippen LogP contribution is -2.46. The second-order valence-corrected chi connectivity index (χ2v) is 6.71. The van der Waals surface area contributed by atoms with Gasteiger partial charge in [0, 0.05) is 44.2 Å². The number of rotatable bonds is 4. The number of likely N-dealkylation sites (tertiary alicyclic amines) is 1. The molecule has 1 aliphatic carbocycles. The molecule has 1 amide bonds. The van der Waals surface area contributed by atoms with Crippen LogP contribution >= 0.6 is 0 Å². The van der Waals surface area contributed by atoms with Crippen LogP contribution in [0.25, 0.3) is 0 Å². The largest absolute Gasteiger partial charge is 0.469 e. The number of hydrogen-bond donors (Lipinski definition) is 0. The molecule has 24 heavy (non-hydrogen) atoms. The minimum Gasteiger partial charge on any atom is -0.469 e. The third-order valence-electron chi connectivity index (χ3n) is 5.26. The summed E-state index contributed by atoms with van der Waals surface area (Å²) in [6.07, 6.45) is 6.23. The van der Waals surface area contributed by atoms with Gasteiger partial charge in [-0.2, -0.15) is 5.10 Å². The first-order valence-electron chi connectivity index (χ1n) is 8.57. The van der Waals surface area contributed by atoms with Crippen molar-refractivity contribution in [2.45, 2.75) is 31.2 Å². The average molecular weight is 326 g/mol. The van der Waals surface area contributed by atoms with Crippen LogP contribution in [0.4, 0.5) is 5.82 Å². The molecule has 1 saturated heterocycles. The van der Waals surface area contributed by atoms with Crippen molar-refractivity contribution in [1.29, 1.82) is 0 Å². The van der Waals surface area contributed by atoms with E-state index in [0.29, 0.717) is 6.04 Å². The molecule has 1 aliphatic heterocycles. The van der Waals surface area contributed by atoms with Gasteiger partial charge in [0.15, 0.2) is 5.82 Å². The van der Waals surface area contributed by atoms with Crippen molar-refractivity contribution in [3.05, 3.63) is 42.5 Å². The first kappa shape index (κ1) is 15.2. The van der Waals surface area contributed by atoms with Crippen LogP contribution in [0.5, 0.6) is 0 Å². The van der Waals surface area contributed by atoms with Crippen LogP contribution in [0.3, 0.4) is 0 Å². The fourth-order valence-electron chi connectivity index (χ4n) is 3.66. The number of amides is 1. The van der Waals surface area contributed by atoms with Crippen molar-refractivity contribution in [1.82, 2.24) is 15.1 Å². The molecule has 1 saturated carbocycles. The van der Waals surface area contributed by atoms with Crippen LogP contribution in [0.1, 0.15) is 30.9 Å². The Morgan fingerprint density at radius 3 is 2.79 bits per heavy atom. The van der Waals surface area contributed by atoms with Gasteiger partial charge in [-0.05, 0) is 43.5 Å². The topological polar surface area (TPSA) is 62.5 Å². The zero-order valence-corrected chi connectivity index (χ0v) is 13.8. The molecule has 0 N–H and O–H groups in total. The monoisotopic (exact) mass is 326 g/mol. The number of piperidine rings is 1. The molecule has 2 fully saturated rings. The summed E-state index contributed by atoms with van der Waals surface area (Å²) >= 11 is 0. The lowest BCUT2D eigenvalue weighted by Gasteiger charge is -2.37. The third-order valence-corrected chi connectivity index (χ3v) is 5.26. The molecule has 0 bridgehead atoms. The van der Waals surface area contributed by atoms with E-state index in [9.17, 15) is 4.79 Å². The van der Waals surface area contributed by atoms with Crippen LogP contribution in [0.2, 0.25) is 0 Å². The SMILES string of the molecule is CN(c1cccnn1)C1CCN(C(=O)C2CC2c2ccco2)CC1. The molecule has 2 atom stereocenters. The van der Waals surface area contributed by atoms with Crippen molar-refractivity contribution >= 4 is 11.7 Å². The lowest BCUT2D eigenvalue weighted by atomic mass is 10.0. The van der Waals surface area contributed by atoms with Crippen LogP contribution in [0.15, 0.2) is 41.1 Å². The summed E-state index contributed by atoms with van der Waals surface area (Å²) in [6, 6.07) is 8.15.